The van der Waals surface area contributed by atoms with E-state index in [1.807, 2.05) is 30.3 Å². The Morgan fingerprint density at radius 3 is 2.40 bits per heavy atom. The second-order valence-corrected chi connectivity index (χ2v) is 3.67. The van der Waals surface area contributed by atoms with Crippen LogP contribution in [-0.4, -0.2) is 13.0 Å². The first-order valence-electron chi connectivity index (χ1n) is 4.63. The zero-order chi connectivity index (χ0) is 10.8. The third-order valence-corrected chi connectivity index (χ3v) is 2.62. The lowest BCUT2D eigenvalue weighted by molar-refractivity contribution is 0.0963. The maximum atomic E-state index is 11.5. The first kappa shape index (κ1) is 9.99. The van der Waals surface area contributed by atoms with E-state index in [4.69, 9.17) is 11.6 Å². The van der Waals surface area contributed by atoms with Crippen LogP contribution in [0, 0.1) is 0 Å². The molecule has 0 saturated carbocycles. The highest BCUT2D eigenvalue weighted by Gasteiger charge is 2.09. The molecule has 2 aromatic carbocycles. The van der Waals surface area contributed by atoms with Gasteiger partial charge in [-0.15, -0.1) is 0 Å². The fourth-order valence-corrected chi connectivity index (χ4v) is 1.78. The summed E-state index contributed by atoms with van der Waals surface area (Å²) in [5.74, 6) is -0.161. The highest BCUT2D eigenvalue weighted by Crippen LogP contribution is 2.23. The molecule has 2 nitrogen and oxygen atoms in total. The molecule has 0 fully saturated rings. The highest BCUT2D eigenvalue weighted by atomic mass is 35.5. The van der Waals surface area contributed by atoms with Crippen molar-refractivity contribution >= 4 is 28.3 Å². The summed E-state index contributed by atoms with van der Waals surface area (Å²) < 4.78 is 0. The van der Waals surface area contributed by atoms with Gasteiger partial charge in [0, 0.05) is 7.05 Å². The smallest absolute Gasteiger partial charge is 0.252 e. The molecule has 3 heteroatoms. The van der Waals surface area contributed by atoms with Crippen LogP contribution in [0.2, 0.25) is 5.02 Å². The summed E-state index contributed by atoms with van der Waals surface area (Å²) in [5.41, 5.74) is 0.512. The molecule has 2 rings (SSSR count). The van der Waals surface area contributed by atoms with E-state index in [1.54, 1.807) is 13.1 Å². The van der Waals surface area contributed by atoms with E-state index in [1.165, 1.54) is 0 Å². The van der Waals surface area contributed by atoms with Crippen molar-refractivity contribution in [2.75, 3.05) is 7.05 Å². The van der Waals surface area contributed by atoms with Crippen LogP contribution in [-0.2, 0) is 0 Å². The molecule has 0 saturated heterocycles. The zero-order valence-electron chi connectivity index (χ0n) is 8.25. The first-order chi connectivity index (χ1) is 7.22. The Balaban J connectivity index is 2.67. The molecule has 0 unspecified atom stereocenters. The number of carbonyl (C=O) groups is 1. The average Bonchev–Trinajstić information content (AvgIpc) is 2.27. The standard InChI is InChI=1S/C12H10ClNO/c1-14-12(15)10-6-8-4-2-3-5-9(8)7-11(10)13/h2-7H,1H3,(H,14,15). The molecule has 1 amide bonds. The van der Waals surface area contributed by atoms with Gasteiger partial charge in [0.05, 0.1) is 10.6 Å². The van der Waals surface area contributed by atoms with Crippen molar-refractivity contribution in [3.8, 4) is 0 Å². The summed E-state index contributed by atoms with van der Waals surface area (Å²) in [6.45, 7) is 0. The number of benzene rings is 2. The lowest BCUT2D eigenvalue weighted by Gasteiger charge is -2.05. The van der Waals surface area contributed by atoms with Crippen LogP contribution in [0.3, 0.4) is 0 Å². The molecule has 0 aliphatic heterocycles. The molecule has 76 valence electrons. The van der Waals surface area contributed by atoms with Gasteiger partial charge >= 0.3 is 0 Å². The molecule has 0 aliphatic rings. The third-order valence-electron chi connectivity index (χ3n) is 2.31. The van der Waals surface area contributed by atoms with Crippen molar-refractivity contribution in [1.29, 1.82) is 0 Å². The van der Waals surface area contributed by atoms with Crippen LogP contribution >= 0.6 is 11.6 Å². The molecule has 15 heavy (non-hydrogen) atoms. The van der Waals surface area contributed by atoms with Crippen molar-refractivity contribution < 1.29 is 4.79 Å². The van der Waals surface area contributed by atoms with E-state index in [-0.39, 0.29) is 5.91 Å². The van der Waals surface area contributed by atoms with Gasteiger partial charge in [0.15, 0.2) is 0 Å². The van der Waals surface area contributed by atoms with Gasteiger partial charge in [0.2, 0.25) is 0 Å². The lowest BCUT2D eigenvalue weighted by atomic mass is 10.1. The Bertz CT molecular complexity index is 522. The minimum absolute atomic E-state index is 0.161. The summed E-state index contributed by atoms with van der Waals surface area (Å²) in [6, 6.07) is 11.4. The average molecular weight is 220 g/mol. The molecule has 0 radical (unpaired) electrons. The van der Waals surface area contributed by atoms with E-state index in [9.17, 15) is 4.79 Å². The van der Waals surface area contributed by atoms with Crippen molar-refractivity contribution in [2.24, 2.45) is 0 Å². The largest absolute Gasteiger partial charge is 0.355 e. The summed E-state index contributed by atoms with van der Waals surface area (Å²) in [7, 11) is 1.59. The Labute approximate surface area is 92.9 Å². The van der Waals surface area contributed by atoms with Crippen molar-refractivity contribution in [2.45, 2.75) is 0 Å². The van der Waals surface area contributed by atoms with Crippen LogP contribution < -0.4 is 5.32 Å². The molecule has 0 aliphatic carbocycles. The maximum Gasteiger partial charge on any atom is 0.252 e. The SMILES string of the molecule is CNC(=O)c1cc2ccccc2cc1Cl. The van der Waals surface area contributed by atoms with Crippen LogP contribution in [0.15, 0.2) is 36.4 Å². The van der Waals surface area contributed by atoms with Gasteiger partial charge in [-0.3, -0.25) is 4.79 Å². The van der Waals surface area contributed by atoms with E-state index in [0.717, 1.165) is 10.8 Å². The van der Waals surface area contributed by atoms with Crippen molar-refractivity contribution in [3.63, 3.8) is 0 Å². The molecule has 0 bridgehead atoms. The molecule has 0 aromatic heterocycles. The van der Waals surface area contributed by atoms with Gasteiger partial charge in [-0.2, -0.15) is 0 Å². The van der Waals surface area contributed by atoms with Gasteiger partial charge in [-0.05, 0) is 22.9 Å². The number of halogens is 1. The zero-order valence-corrected chi connectivity index (χ0v) is 9.01. The van der Waals surface area contributed by atoms with E-state index < -0.39 is 0 Å². The second kappa shape index (κ2) is 3.91. The molecule has 1 N–H and O–H groups in total. The number of nitrogens with one attached hydrogen (secondary N) is 1. The Kier molecular flexibility index (Phi) is 2.60. The summed E-state index contributed by atoms with van der Waals surface area (Å²) in [4.78, 5) is 11.5. The van der Waals surface area contributed by atoms with E-state index >= 15 is 0 Å². The molecular formula is C12H10ClNO. The van der Waals surface area contributed by atoms with Gasteiger partial charge in [-0.1, -0.05) is 35.9 Å². The fourth-order valence-electron chi connectivity index (χ4n) is 1.52. The number of rotatable bonds is 1. The molecule has 2 aromatic rings. The van der Waals surface area contributed by atoms with Crippen LogP contribution in [0.1, 0.15) is 10.4 Å². The first-order valence-corrected chi connectivity index (χ1v) is 5.00. The van der Waals surface area contributed by atoms with Crippen LogP contribution in [0.25, 0.3) is 10.8 Å². The molecule has 0 heterocycles. The fraction of sp³-hybridized carbons (Fsp3) is 0.0833. The van der Waals surface area contributed by atoms with Gasteiger partial charge in [0.25, 0.3) is 5.91 Å². The van der Waals surface area contributed by atoms with Crippen LogP contribution in [0.5, 0.6) is 0 Å². The normalized spacial score (nSPS) is 10.3. The minimum Gasteiger partial charge on any atom is -0.355 e. The Morgan fingerprint density at radius 1 is 1.20 bits per heavy atom. The third kappa shape index (κ3) is 1.81. The van der Waals surface area contributed by atoms with Gasteiger partial charge in [0.1, 0.15) is 0 Å². The van der Waals surface area contributed by atoms with Crippen molar-refractivity contribution in [3.05, 3.63) is 47.0 Å². The second-order valence-electron chi connectivity index (χ2n) is 3.26. The predicted octanol–water partition coefficient (Wildman–Crippen LogP) is 2.85. The van der Waals surface area contributed by atoms with Crippen LogP contribution in [0.4, 0.5) is 0 Å². The molecule has 0 atom stereocenters. The van der Waals surface area contributed by atoms with Gasteiger partial charge < -0.3 is 5.32 Å². The maximum absolute atomic E-state index is 11.5. The number of hydrogen-bond acceptors (Lipinski definition) is 1. The molecular weight excluding hydrogens is 210 g/mol. The summed E-state index contributed by atoms with van der Waals surface area (Å²) in [6.07, 6.45) is 0. The number of hydrogen-bond donors (Lipinski definition) is 1. The van der Waals surface area contributed by atoms with Gasteiger partial charge in [-0.25, -0.2) is 0 Å². The monoisotopic (exact) mass is 219 g/mol. The quantitative estimate of drug-likeness (QED) is 0.785. The number of carbonyl (C=O) groups excluding carboxylic acids is 1. The summed E-state index contributed by atoms with van der Waals surface area (Å²) >= 11 is 6.02. The lowest BCUT2D eigenvalue weighted by Crippen LogP contribution is -2.18. The summed E-state index contributed by atoms with van der Waals surface area (Å²) in [5, 5.41) is 5.09. The Hall–Kier alpha value is -1.54. The topological polar surface area (TPSA) is 29.1 Å². The minimum atomic E-state index is -0.161. The van der Waals surface area contributed by atoms with Crippen molar-refractivity contribution in [1.82, 2.24) is 5.32 Å². The van der Waals surface area contributed by atoms with E-state index in [2.05, 4.69) is 5.32 Å². The molecule has 0 spiro atoms. The Morgan fingerprint density at radius 2 is 1.80 bits per heavy atom. The highest BCUT2D eigenvalue weighted by molar-refractivity contribution is 6.34. The number of amides is 1. The predicted molar refractivity (Wildman–Crippen MR) is 62.3 cm³/mol. The van der Waals surface area contributed by atoms with E-state index in [0.29, 0.717) is 10.6 Å². The number of fused-ring (bicyclic) bond motifs is 1.